The Bertz CT molecular complexity index is 1470. The van der Waals surface area contributed by atoms with E-state index < -0.39 is 0 Å². The normalized spacial score (nSPS) is 13.5. The van der Waals surface area contributed by atoms with Crippen molar-refractivity contribution in [2.45, 2.75) is 19.0 Å². The van der Waals surface area contributed by atoms with Crippen LogP contribution in [0.4, 0.5) is 11.6 Å². The zero-order chi connectivity index (χ0) is 25.2. The zero-order valence-corrected chi connectivity index (χ0v) is 20.4. The molecule has 1 aliphatic rings. The quantitative estimate of drug-likeness (QED) is 0.401. The number of benzene rings is 2. The molecule has 1 atom stereocenters. The lowest BCUT2D eigenvalue weighted by atomic mass is 10.1. The third kappa shape index (κ3) is 4.48. The topological polar surface area (TPSA) is 106 Å². The lowest BCUT2D eigenvalue weighted by molar-refractivity contribution is 0.0996. The van der Waals surface area contributed by atoms with E-state index in [2.05, 4.69) is 10.3 Å². The molecule has 2 aromatic heterocycles. The molecule has 0 fully saturated rings. The Kier molecular flexibility index (Phi) is 6.54. The molecule has 0 radical (unpaired) electrons. The first kappa shape index (κ1) is 23.7. The summed E-state index contributed by atoms with van der Waals surface area (Å²) in [5, 5.41) is 3.72. The first-order chi connectivity index (χ1) is 17.4. The minimum Gasteiger partial charge on any atom is -0.354 e. The van der Waals surface area contributed by atoms with Crippen LogP contribution in [0.5, 0.6) is 0 Å². The maximum atomic E-state index is 13.7. The van der Waals surface area contributed by atoms with E-state index in [-0.39, 0.29) is 29.7 Å². The summed E-state index contributed by atoms with van der Waals surface area (Å²) < 4.78 is 1.41. The fourth-order valence-electron chi connectivity index (χ4n) is 4.39. The monoisotopic (exact) mass is 500 g/mol. The molecular formula is C27H25ClN6O2. The number of fused-ring (bicyclic) bond motifs is 1. The van der Waals surface area contributed by atoms with Gasteiger partial charge in [-0.2, -0.15) is 0 Å². The van der Waals surface area contributed by atoms with Crippen LogP contribution in [0.1, 0.15) is 21.5 Å². The van der Waals surface area contributed by atoms with E-state index in [1.807, 2.05) is 30.3 Å². The van der Waals surface area contributed by atoms with Crippen molar-refractivity contribution >= 4 is 29.1 Å². The first-order valence-corrected chi connectivity index (χ1v) is 12.0. The van der Waals surface area contributed by atoms with Crippen LogP contribution in [0.25, 0.3) is 11.3 Å². The fourth-order valence-corrected chi connectivity index (χ4v) is 4.62. The van der Waals surface area contributed by atoms with Gasteiger partial charge in [0.1, 0.15) is 11.4 Å². The molecule has 3 heterocycles. The number of pyridine rings is 1. The van der Waals surface area contributed by atoms with Crippen molar-refractivity contribution in [3.05, 3.63) is 105 Å². The smallest absolute Gasteiger partial charge is 0.279 e. The predicted octanol–water partition coefficient (Wildman–Crippen LogP) is 3.64. The van der Waals surface area contributed by atoms with E-state index in [1.165, 1.54) is 9.47 Å². The Morgan fingerprint density at radius 1 is 1.06 bits per heavy atom. The van der Waals surface area contributed by atoms with Gasteiger partial charge >= 0.3 is 0 Å². The molecule has 3 N–H and O–H groups in total. The molecule has 1 aliphatic heterocycles. The molecule has 0 spiro atoms. The van der Waals surface area contributed by atoms with Crippen LogP contribution >= 0.6 is 11.6 Å². The SMILES string of the molecule is Cn1c(NC[C@@H](N)Cc2ccccc2)nc(-c2ccncc2)c(N2Cc3c(Cl)cccc3C2=O)c1=O. The molecular weight excluding hydrogens is 476 g/mol. The molecule has 0 unspecified atom stereocenters. The van der Waals surface area contributed by atoms with Gasteiger partial charge in [-0.15, -0.1) is 0 Å². The van der Waals surface area contributed by atoms with Crippen molar-refractivity contribution < 1.29 is 4.79 Å². The van der Waals surface area contributed by atoms with Gasteiger partial charge in [-0.25, -0.2) is 4.98 Å². The molecule has 36 heavy (non-hydrogen) atoms. The number of carbonyl (C=O) groups is 1. The molecule has 0 saturated carbocycles. The second-order valence-corrected chi connectivity index (χ2v) is 9.13. The molecule has 2 aromatic carbocycles. The van der Waals surface area contributed by atoms with Gasteiger partial charge < -0.3 is 11.1 Å². The summed E-state index contributed by atoms with van der Waals surface area (Å²) in [6, 6.07) is 18.5. The van der Waals surface area contributed by atoms with Crippen LogP contribution < -0.4 is 21.5 Å². The molecule has 1 amide bonds. The Labute approximate surface area is 213 Å². The Hall–Kier alpha value is -4.01. The highest BCUT2D eigenvalue weighted by atomic mass is 35.5. The maximum Gasteiger partial charge on any atom is 0.279 e. The molecule has 0 aliphatic carbocycles. The van der Waals surface area contributed by atoms with Crippen LogP contribution in [-0.2, 0) is 20.0 Å². The third-order valence-electron chi connectivity index (χ3n) is 6.26. The summed E-state index contributed by atoms with van der Waals surface area (Å²) in [7, 11) is 1.63. The number of nitrogens with one attached hydrogen (secondary N) is 1. The summed E-state index contributed by atoms with van der Waals surface area (Å²) in [6.45, 7) is 0.603. The van der Waals surface area contributed by atoms with Crippen molar-refractivity contribution in [1.82, 2.24) is 14.5 Å². The van der Waals surface area contributed by atoms with Crippen LogP contribution in [0, 0.1) is 0 Å². The van der Waals surface area contributed by atoms with E-state index in [1.54, 1.807) is 49.8 Å². The number of hydrogen-bond acceptors (Lipinski definition) is 6. The summed E-state index contributed by atoms with van der Waals surface area (Å²) >= 11 is 6.36. The Balaban J connectivity index is 1.51. The summed E-state index contributed by atoms with van der Waals surface area (Å²) in [5.74, 6) is 0.0774. The number of anilines is 2. The Morgan fingerprint density at radius 2 is 1.81 bits per heavy atom. The molecule has 5 rings (SSSR count). The first-order valence-electron chi connectivity index (χ1n) is 11.6. The molecule has 4 aromatic rings. The summed E-state index contributed by atoms with van der Waals surface area (Å²) in [6.07, 6.45) is 3.93. The van der Waals surface area contributed by atoms with Gasteiger partial charge in [0.15, 0.2) is 0 Å². The number of hydrogen-bond donors (Lipinski definition) is 2. The van der Waals surface area contributed by atoms with Gasteiger partial charge in [0, 0.05) is 53.7 Å². The summed E-state index contributed by atoms with van der Waals surface area (Å²) in [4.78, 5) is 37.3. The van der Waals surface area contributed by atoms with E-state index in [0.717, 1.165) is 5.56 Å². The average molecular weight is 501 g/mol. The van der Waals surface area contributed by atoms with Crippen molar-refractivity contribution in [3.8, 4) is 11.3 Å². The van der Waals surface area contributed by atoms with E-state index >= 15 is 0 Å². The minimum atomic E-state index is -0.353. The number of halogens is 1. The van der Waals surface area contributed by atoms with Gasteiger partial charge in [-0.3, -0.25) is 24.0 Å². The van der Waals surface area contributed by atoms with Gasteiger partial charge in [-0.1, -0.05) is 48.0 Å². The summed E-state index contributed by atoms with van der Waals surface area (Å²) in [5.41, 5.74) is 9.56. The largest absolute Gasteiger partial charge is 0.354 e. The lowest BCUT2D eigenvalue weighted by Crippen LogP contribution is -2.36. The number of nitrogens with zero attached hydrogens (tertiary/aromatic N) is 4. The molecule has 0 bridgehead atoms. The van der Waals surface area contributed by atoms with Gasteiger partial charge in [0.05, 0.1) is 6.54 Å². The second-order valence-electron chi connectivity index (χ2n) is 8.72. The predicted molar refractivity (Wildman–Crippen MR) is 141 cm³/mol. The molecule has 9 heteroatoms. The molecule has 182 valence electrons. The molecule has 8 nitrogen and oxygen atoms in total. The van der Waals surface area contributed by atoms with Crippen LogP contribution in [0.15, 0.2) is 77.9 Å². The van der Waals surface area contributed by atoms with Crippen molar-refractivity contribution in [3.63, 3.8) is 0 Å². The third-order valence-corrected chi connectivity index (χ3v) is 6.62. The molecule has 0 saturated heterocycles. The van der Waals surface area contributed by atoms with Gasteiger partial charge in [0.25, 0.3) is 11.5 Å². The van der Waals surface area contributed by atoms with Gasteiger partial charge in [0.2, 0.25) is 5.95 Å². The highest BCUT2D eigenvalue weighted by Crippen LogP contribution is 2.35. The van der Waals surface area contributed by atoms with Crippen LogP contribution in [-0.4, -0.2) is 33.0 Å². The number of nitrogens with two attached hydrogens (primary N) is 1. The number of amides is 1. The zero-order valence-electron chi connectivity index (χ0n) is 19.7. The highest BCUT2D eigenvalue weighted by Gasteiger charge is 2.34. The lowest BCUT2D eigenvalue weighted by Gasteiger charge is -2.22. The van der Waals surface area contributed by atoms with E-state index in [4.69, 9.17) is 22.3 Å². The maximum absolute atomic E-state index is 13.7. The Morgan fingerprint density at radius 3 is 2.53 bits per heavy atom. The van der Waals surface area contributed by atoms with Crippen molar-refractivity contribution in [2.24, 2.45) is 12.8 Å². The van der Waals surface area contributed by atoms with E-state index in [9.17, 15) is 9.59 Å². The minimum absolute atomic E-state index is 0.190. The standard InChI is InChI=1S/C27H25ClN6O2/c1-33-26(36)24(34-16-21-20(25(34)35)8-5-9-22(21)28)23(18-10-12-30-13-11-18)32-27(33)31-15-19(29)14-17-6-3-2-4-7-17/h2-13,19H,14-16,29H2,1H3,(H,31,32)/t19-/m0/s1. The van der Waals surface area contributed by atoms with Crippen LogP contribution in [0.3, 0.4) is 0 Å². The van der Waals surface area contributed by atoms with E-state index in [0.29, 0.717) is 46.3 Å². The van der Waals surface area contributed by atoms with Gasteiger partial charge in [-0.05, 0) is 36.2 Å². The average Bonchev–Trinajstić information content (AvgIpc) is 3.23. The number of rotatable bonds is 7. The highest BCUT2D eigenvalue weighted by molar-refractivity contribution is 6.32. The van der Waals surface area contributed by atoms with Crippen LogP contribution in [0.2, 0.25) is 5.02 Å². The van der Waals surface area contributed by atoms with Crippen molar-refractivity contribution in [1.29, 1.82) is 0 Å². The van der Waals surface area contributed by atoms with Crippen molar-refractivity contribution in [2.75, 3.05) is 16.8 Å². The number of carbonyl (C=O) groups excluding carboxylic acids is 1. The number of aromatic nitrogens is 3. The fraction of sp³-hybridized carbons (Fsp3) is 0.185. The second kappa shape index (κ2) is 9.93.